The zero-order valence-corrected chi connectivity index (χ0v) is 12.1. The van der Waals surface area contributed by atoms with Crippen LogP contribution in [-0.4, -0.2) is 25.7 Å². The van der Waals surface area contributed by atoms with Crippen LogP contribution in [0, 0.1) is 15.5 Å². The zero-order chi connectivity index (χ0) is 14.7. The fraction of sp³-hybridized carbons (Fsp3) is 0.455. The number of hydrogen-bond acceptors (Lipinski definition) is 5. The third kappa shape index (κ3) is 5.44. The second kappa shape index (κ2) is 5.75. The number of ether oxygens (including phenoxy) is 1. The number of rotatable bonds is 6. The third-order valence-corrected chi connectivity index (χ3v) is 3.70. The second-order valence-electron chi connectivity index (χ2n) is 4.86. The molecule has 1 rings (SSSR count). The van der Waals surface area contributed by atoms with Gasteiger partial charge in [-0.05, 0) is 6.07 Å². The van der Waals surface area contributed by atoms with E-state index in [4.69, 9.17) is 15.4 Å². The Balaban J connectivity index is 2.80. The smallest absolute Gasteiger partial charge is 0.310 e. The van der Waals surface area contributed by atoms with E-state index >= 15 is 0 Å². The topological polar surface area (TPSA) is 86.5 Å². The van der Waals surface area contributed by atoms with Crippen molar-refractivity contribution >= 4 is 25.4 Å². The standard InChI is InChI=1S/C11H14ClNO5S/c1-11(2,8-19(12,16)17)7-18-10-6-4-3-5-9(10)13(14)15/h3-6H,7-8H2,1-2H3. The maximum atomic E-state index is 11.0. The van der Waals surface area contributed by atoms with Crippen LogP contribution in [0.25, 0.3) is 0 Å². The summed E-state index contributed by atoms with van der Waals surface area (Å²) in [7, 11) is 1.54. The van der Waals surface area contributed by atoms with Crippen LogP contribution in [-0.2, 0) is 9.05 Å². The van der Waals surface area contributed by atoms with Crippen molar-refractivity contribution in [1.82, 2.24) is 0 Å². The molecule has 0 bridgehead atoms. The van der Waals surface area contributed by atoms with Gasteiger partial charge in [-0.15, -0.1) is 0 Å². The highest BCUT2D eigenvalue weighted by Crippen LogP contribution is 2.28. The zero-order valence-electron chi connectivity index (χ0n) is 10.5. The predicted octanol–water partition coefficient (Wildman–Crippen LogP) is 2.57. The van der Waals surface area contributed by atoms with Crippen molar-refractivity contribution in [3.8, 4) is 5.75 Å². The van der Waals surface area contributed by atoms with E-state index in [1.165, 1.54) is 18.2 Å². The van der Waals surface area contributed by atoms with Crippen molar-refractivity contribution in [2.24, 2.45) is 5.41 Å². The Kier molecular flexibility index (Phi) is 4.75. The van der Waals surface area contributed by atoms with Gasteiger partial charge in [0.05, 0.1) is 17.3 Å². The fourth-order valence-electron chi connectivity index (χ4n) is 1.51. The van der Waals surface area contributed by atoms with Gasteiger partial charge >= 0.3 is 5.69 Å². The first kappa shape index (κ1) is 15.7. The average Bonchev–Trinajstić information content (AvgIpc) is 2.23. The van der Waals surface area contributed by atoms with E-state index in [9.17, 15) is 18.5 Å². The molecule has 0 N–H and O–H groups in total. The molecule has 106 valence electrons. The summed E-state index contributed by atoms with van der Waals surface area (Å²) in [5, 5.41) is 10.8. The Morgan fingerprint density at radius 3 is 2.47 bits per heavy atom. The van der Waals surface area contributed by atoms with E-state index in [-0.39, 0.29) is 23.8 Å². The minimum absolute atomic E-state index is 0.00377. The van der Waals surface area contributed by atoms with Crippen LogP contribution in [0.5, 0.6) is 5.75 Å². The second-order valence-corrected chi connectivity index (χ2v) is 7.64. The molecule has 0 atom stereocenters. The summed E-state index contributed by atoms with van der Waals surface area (Å²) in [5.74, 6) is -0.171. The molecule has 0 spiro atoms. The van der Waals surface area contributed by atoms with Gasteiger partial charge in [0.15, 0.2) is 5.75 Å². The van der Waals surface area contributed by atoms with E-state index in [0.717, 1.165) is 0 Å². The van der Waals surface area contributed by atoms with Crippen LogP contribution < -0.4 is 4.74 Å². The van der Waals surface area contributed by atoms with Crippen LogP contribution in [0.3, 0.4) is 0 Å². The van der Waals surface area contributed by atoms with Crippen molar-refractivity contribution in [3.63, 3.8) is 0 Å². The molecule has 1 aromatic carbocycles. The molecule has 0 aromatic heterocycles. The van der Waals surface area contributed by atoms with E-state index in [0.29, 0.717) is 0 Å². The van der Waals surface area contributed by atoms with E-state index in [1.54, 1.807) is 19.9 Å². The average molecular weight is 308 g/mol. The van der Waals surface area contributed by atoms with Gasteiger partial charge in [0.1, 0.15) is 0 Å². The number of para-hydroxylation sites is 2. The molecule has 0 unspecified atom stereocenters. The van der Waals surface area contributed by atoms with Gasteiger partial charge in [-0.3, -0.25) is 10.1 Å². The van der Waals surface area contributed by atoms with Crippen molar-refractivity contribution in [1.29, 1.82) is 0 Å². The lowest BCUT2D eigenvalue weighted by Crippen LogP contribution is -2.28. The molecule has 6 nitrogen and oxygen atoms in total. The molecule has 19 heavy (non-hydrogen) atoms. The Hall–Kier alpha value is -1.34. The number of nitrogens with zero attached hydrogens (tertiary/aromatic N) is 1. The number of halogens is 1. The van der Waals surface area contributed by atoms with Gasteiger partial charge in [-0.1, -0.05) is 26.0 Å². The molecule has 0 aliphatic rings. The molecular weight excluding hydrogens is 294 g/mol. The molecule has 0 heterocycles. The Bertz CT molecular complexity index is 570. The Morgan fingerprint density at radius 2 is 1.95 bits per heavy atom. The highest BCUT2D eigenvalue weighted by molar-refractivity contribution is 8.13. The summed E-state index contributed by atoms with van der Waals surface area (Å²) >= 11 is 0. The first-order valence-corrected chi connectivity index (χ1v) is 7.87. The van der Waals surface area contributed by atoms with Crippen molar-refractivity contribution in [2.45, 2.75) is 13.8 Å². The van der Waals surface area contributed by atoms with Crippen LogP contribution in [0.2, 0.25) is 0 Å². The number of benzene rings is 1. The lowest BCUT2D eigenvalue weighted by atomic mass is 9.98. The van der Waals surface area contributed by atoms with Gasteiger partial charge in [0, 0.05) is 22.2 Å². The van der Waals surface area contributed by atoms with Crippen LogP contribution in [0.15, 0.2) is 24.3 Å². The normalized spacial score (nSPS) is 12.2. The number of hydrogen-bond donors (Lipinski definition) is 0. The highest BCUT2D eigenvalue weighted by Gasteiger charge is 2.27. The summed E-state index contributed by atoms with van der Waals surface area (Å²) in [6, 6.07) is 5.91. The molecule has 0 saturated heterocycles. The lowest BCUT2D eigenvalue weighted by molar-refractivity contribution is -0.385. The molecule has 0 aliphatic heterocycles. The highest BCUT2D eigenvalue weighted by atomic mass is 35.7. The Labute approximate surface area is 115 Å². The summed E-state index contributed by atoms with van der Waals surface area (Å²) in [5.41, 5.74) is -0.906. The molecule has 1 aromatic rings. The Morgan fingerprint density at radius 1 is 1.37 bits per heavy atom. The molecule has 8 heteroatoms. The first-order chi connectivity index (χ1) is 8.61. The van der Waals surface area contributed by atoms with Crippen LogP contribution in [0.4, 0.5) is 5.69 Å². The minimum Gasteiger partial charge on any atom is -0.486 e. The fourth-order valence-corrected chi connectivity index (χ4v) is 3.41. The SMILES string of the molecule is CC(C)(COc1ccccc1[N+](=O)[O-])CS(=O)(=O)Cl. The van der Waals surface area contributed by atoms with Gasteiger partial charge in [0.2, 0.25) is 9.05 Å². The van der Waals surface area contributed by atoms with Crippen molar-refractivity contribution in [3.05, 3.63) is 34.4 Å². The molecule has 0 aliphatic carbocycles. The van der Waals surface area contributed by atoms with Gasteiger partial charge in [0.25, 0.3) is 0 Å². The maximum absolute atomic E-state index is 11.0. The molecule has 0 fully saturated rings. The minimum atomic E-state index is -3.65. The predicted molar refractivity (Wildman–Crippen MR) is 72.0 cm³/mol. The summed E-state index contributed by atoms with van der Waals surface area (Å²) in [6.07, 6.45) is 0. The quantitative estimate of drug-likeness (QED) is 0.458. The van der Waals surface area contributed by atoms with E-state index in [2.05, 4.69) is 0 Å². The summed E-state index contributed by atoms with van der Waals surface area (Å²) in [4.78, 5) is 10.2. The molecular formula is C11H14ClNO5S. The van der Waals surface area contributed by atoms with Crippen LogP contribution >= 0.6 is 10.7 Å². The van der Waals surface area contributed by atoms with Crippen molar-refractivity contribution < 1.29 is 18.1 Å². The third-order valence-electron chi connectivity index (χ3n) is 2.24. The molecule has 0 radical (unpaired) electrons. The van der Waals surface area contributed by atoms with E-state index in [1.807, 2.05) is 0 Å². The molecule has 0 saturated carbocycles. The maximum Gasteiger partial charge on any atom is 0.310 e. The van der Waals surface area contributed by atoms with Crippen LogP contribution in [0.1, 0.15) is 13.8 Å². The van der Waals surface area contributed by atoms with Crippen molar-refractivity contribution in [2.75, 3.05) is 12.4 Å². The largest absolute Gasteiger partial charge is 0.486 e. The number of nitro benzene ring substituents is 1. The first-order valence-electron chi connectivity index (χ1n) is 5.39. The summed E-state index contributed by atoms with van der Waals surface area (Å²) in [6.45, 7) is 3.31. The number of nitro groups is 1. The van der Waals surface area contributed by atoms with Gasteiger partial charge in [-0.2, -0.15) is 0 Å². The summed E-state index contributed by atoms with van der Waals surface area (Å²) < 4.78 is 27.4. The lowest BCUT2D eigenvalue weighted by Gasteiger charge is -2.22. The van der Waals surface area contributed by atoms with Gasteiger partial charge in [-0.25, -0.2) is 8.42 Å². The molecule has 0 amide bonds. The monoisotopic (exact) mass is 307 g/mol. The van der Waals surface area contributed by atoms with E-state index < -0.39 is 19.4 Å². The van der Waals surface area contributed by atoms with Gasteiger partial charge < -0.3 is 4.74 Å².